The third-order valence-corrected chi connectivity index (χ3v) is 2.91. The first-order valence-electron chi connectivity index (χ1n) is 5.20. The summed E-state index contributed by atoms with van der Waals surface area (Å²) in [5, 5.41) is 17.3. The predicted octanol–water partition coefficient (Wildman–Crippen LogP) is 2.53. The lowest BCUT2D eigenvalue weighted by Gasteiger charge is -2.07. The Balaban J connectivity index is 2.10. The highest BCUT2D eigenvalue weighted by Crippen LogP contribution is 2.30. The summed E-state index contributed by atoms with van der Waals surface area (Å²) in [6, 6.07) is 2.18. The zero-order valence-electron chi connectivity index (χ0n) is 9.47. The molecule has 1 aromatic heterocycles. The molecule has 9 heteroatoms. The van der Waals surface area contributed by atoms with Gasteiger partial charge in [-0.25, -0.2) is 4.39 Å². The molecule has 1 heterocycles. The van der Waals surface area contributed by atoms with E-state index in [1.807, 2.05) is 0 Å². The van der Waals surface area contributed by atoms with Gasteiger partial charge in [0.15, 0.2) is 5.82 Å². The van der Waals surface area contributed by atoms with Crippen LogP contribution in [0.1, 0.15) is 5.82 Å². The van der Waals surface area contributed by atoms with Crippen LogP contribution in [0.4, 0.5) is 15.8 Å². The molecule has 0 aliphatic carbocycles. The van der Waals surface area contributed by atoms with Gasteiger partial charge in [0.25, 0.3) is 5.69 Å². The summed E-state index contributed by atoms with van der Waals surface area (Å²) in [5.41, 5.74) is -0.101. The van der Waals surface area contributed by atoms with Crippen LogP contribution < -0.4 is 5.32 Å². The highest BCUT2D eigenvalue weighted by Gasteiger charge is 2.17. The molecule has 0 radical (unpaired) electrons. The zero-order valence-corrected chi connectivity index (χ0v) is 11.1. The van der Waals surface area contributed by atoms with Gasteiger partial charge in [-0.15, -0.1) is 0 Å². The Morgan fingerprint density at radius 2 is 2.32 bits per heavy atom. The maximum atomic E-state index is 13.3. The molecule has 0 aliphatic heterocycles. The van der Waals surface area contributed by atoms with Crippen molar-refractivity contribution in [2.75, 3.05) is 11.9 Å². The Morgan fingerprint density at radius 1 is 1.53 bits per heavy atom. The van der Waals surface area contributed by atoms with E-state index in [4.69, 9.17) is 0 Å². The smallest absolute Gasteiger partial charge is 0.295 e. The first kappa shape index (κ1) is 13.4. The quantitative estimate of drug-likeness (QED) is 0.668. The molecule has 19 heavy (non-hydrogen) atoms. The van der Waals surface area contributed by atoms with Gasteiger partial charge >= 0.3 is 0 Å². The van der Waals surface area contributed by atoms with Crippen molar-refractivity contribution < 1.29 is 13.8 Å². The molecule has 7 nitrogen and oxygen atoms in total. The maximum absolute atomic E-state index is 13.3. The average molecular weight is 331 g/mol. The number of aromatic nitrogens is 2. The lowest BCUT2D eigenvalue weighted by atomic mass is 10.2. The van der Waals surface area contributed by atoms with Crippen molar-refractivity contribution in [2.45, 2.75) is 6.42 Å². The molecular formula is C10H8BrFN4O3. The molecule has 2 aromatic rings. The van der Waals surface area contributed by atoms with E-state index in [9.17, 15) is 14.5 Å². The van der Waals surface area contributed by atoms with Gasteiger partial charge in [0, 0.05) is 13.0 Å². The van der Waals surface area contributed by atoms with Crippen LogP contribution in [0.2, 0.25) is 0 Å². The molecule has 0 atom stereocenters. The van der Waals surface area contributed by atoms with Crippen LogP contribution >= 0.6 is 15.9 Å². The number of nitro benzene ring substituents is 1. The van der Waals surface area contributed by atoms with Crippen LogP contribution in [0.3, 0.4) is 0 Å². The van der Waals surface area contributed by atoms with Crippen LogP contribution in [-0.4, -0.2) is 21.6 Å². The van der Waals surface area contributed by atoms with Crippen molar-refractivity contribution in [3.8, 4) is 0 Å². The molecule has 2 rings (SSSR count). The molecular weight excluding hydrogens is 323 g/mol. The number of anilines is 1. The predicted molar refractivity (Wildman–Crippen MR) is 67.2 cm³/mol. The van der Waals surface area contributed by atoms with Crippen LogP contribution in [0.5, 0.6) is 0 Å². The Kier molecular flexibility index (Phi) is 4.05. The second-order valence-electron chi connectivity index (χ2n) is 3.56. The van der Waals surface area contributed by atoms with Crippen molar-refractivity contribution in [2.24, 2.45) is 0 Å². The second kappa shape index (κ2) is 5.74. The molecule has 0 unspecified atom stereocenters. The van der Waals surface area contributed by atoms with E-state index < -0.39 is 10.7 Å². The van der Waals surface area contributed by atoms with E-state index in [0.29, 0.717) is 18.8 Å². The van der Waals surface area contributed by atoms with E-state index in [-0.39, 0.29) is 15.8 Å². The first-order valence-corrected chi connectivity index (χ1v) is 6.00. The zero-order chi connectivity index (χ0) is 13.8. The van der Waals surface area contributed by atoms with Gasteiger partial charge in [-0.3, -0.25) is 10.1 Å². The number of benzene rings is 1. The lowest BCUT2D eigenvalue weighted by molar-refractivity contribution is -0.384. The van der Waals surface area contributed by atoms with Gasteiger partial charge in [0.05, 0.1) is 15.5 Å². The van der Waals surface area contributed by atoms with Crippen molar-refractivity contribution >= 4 is 27.3 Å². The van der Waals surface area contributed by atoms with Crippen molar-refractivity contribution in [1.29, 1.82) is 0 Å². The van der Waals surface area contributed by atoms with E-state index >= 15 is 0 Å². The number of hydrogen-bond donors (Lipinski definition) is 1. The largest absolute Gasteiger partial charge is 0.379 e. The van der Waals surface area contributed by atoms with Crippen LogP contribution in [0, 0.1) is 15.9 Å². The molecule has 1 N–H and O–H groups in total. The molecule has 100 valence electrons. The van der Waals surface area contributed by atoms with E-state index in [2.05, 4.69) is 35.9 Å². The summed E-state index contributed by atoms with van der Waals surface area (Å²) < 4.78 is 18.0. The molecule has 0 amide bonds. The molecule has 0 saturated carbocycles. The SMILES string of the molecule is O=[N+]([O-])c1cc(F)c(Br)cc1NCCc1ncon1. The number of nitrogens with zero attached hydrogens (tertiary/aromatic N) is 3. The van der Waals surface area contributed by atoms with Crippen molar-refractivity contribution in [1.82, 2.24) is 10.1 Å². The Bertz CT molecular complexity index is 591. The summed E-state index contributed by atoms with van der Waals surface area (Å²) in [5.74, 6) is -0.202. The monoisotopic (exact) mass is 330 g/mol. The Morgan fingerprint density at radius 3 is 2.95 bits per heavy atom. The van der Waals surface area contributed by atoms with Crippen molar-refractivity contribution in [3.63, 3.8) is 0 Å². The summed E-state index contributed by atoms with van der Waals surface area (Å²) in [6.07, 6.45) is 1.63. The number of nitrogens with one attached hydrogen (secondary N) is 1. The van der Waals surface area contributed by atoms with E-state index in [1.54, 1.807) is 0 Å². The lowest BCUT2D eigenvalue weighted by Crippen LogP contribution is -2.08. The fraction of sp³-hybridized carbons (Fsp3) is 0.200. The minimum Gasteiger partial charge on any atom is -0.379 e. The molecule has 0 saturated heterocycles. The highest BCUT2D eigenvalue weighted by molar-refractivity contribution is 9.10. The van der Waals surface area contributed by atoms with Gasteiger partial charge in [-0.05, 0) is 22.0 Å². The second-order valence-corrected chi connectivity index (χ2v) is 4.42. The van der Waals surface area contributed by atoms with Gasteiger partial charge < -0.3 is 9.84 Å². The van der Waals surface area contributed by atoms with Gasteiger partial charge in [0.1, 0.15) is 11.5 Å². The molecule has 0 aliphatic rings. The number of nitro groups is 1. The summed E-state index contributed by atoms with van der Waals surface area (Å²) in [6.45, 7) is 0.360. The van der Waals surface area contributed by atoms with Crippen molar-refractivity contribution in [3.05, 3.63) is 44.8 Å². The van der Waals surface area contributed by atoms with Gasteiger partial charge in [-0.2, -0.15) is 4.98 Å². The number of halogens is 2. The maximum Gasteiger partial charge on any atom is 0.295 e. The Labute approximate surface area is 115 Å². The molecule has 0 bridgehead atoms. The third kappa shape index (κ3) is 3.25. The fourth-order valence-electron chi connectivity index (χ4n) is 1.44. The summed E-state index contributed by atoms with van der Waals surface area (Å²) in [4.78, 5) is 14.0. The number of rotatable bonds is 5. The molecule has 0 fully saturated rings. The third-order valence-electron chi connectivity index (χ3n) is 2.31. The molecule has 0 spiro atoms. The topological polar surface area (TPSA) is 94.1 Å². The van der Waals surface area contributed by atoms with E-state index in [1.165, 1.54) is 12.5 Å². The van der Waals surface area contributed by atoms with Crippen LogP contribution in [-0.2, 0) is 6.42 Å². The minimum absolute atomic E-state index is 0.153. The first-order chi connectivity index (χ1) is 9.08. The van der Waals surface area contributed by atoms with Crippen LogP contribution in [0.25, 0.3) is 0 Å². The molecule has 1 aromatic carbocycles. The van der Waals surface area contributed by atoms with Gasteiger partial charge in [-0.1, -0.05) is 5.16 Å². The Hall–Kier alpha value is -2.03. The minimum atomic E-state index is -0.685. The standard InChI is InChI=1S/C10H8BrFN4O3/c11-6-3-8(9(16(17)18)4-7(6)12)13-2-1-10-14-5-19-15-10/h3-5,13H,1-2H2. The van der Waals surface area contributed by atoms with Crippen LogP contribution in [0.15, 0.2) is 27.5 Å². The fourth-order valence-corrected chi connectivity index (χ4v) is 1.78. The summed E-state index contributed by atoms with van der Waals surface area (Å²) >= 11 is 2.98. The highest BCUT2D eigenvalue weighted by atomic mass is 79.9. The summed E-state index contributed by atoms with van der Waals surface area (Å²) in [7, 11) is 0. The van der Waals surface area contributed by atoms with E-state index in [0.717, 1.165) is 6.07 Å². The normalized spacial score (nSPS) is 10.4. The number of hydrogen-bond acceptors (Lipinski definition) is 6. The average Bonchev–Trinajstić information content (AvgIpc) is 2.86. The van der Waals surface area contributed by atoms with Gasteiger partial charge in [0.2, 0.25) is 6.39 Å².